The lowest BCUT2D eigenvalue weighted by Crippen LogP contribution is -1.96. The Bertz CT molecular complexity index is 317. The molecule has 1 aliphatic heterocycles. The van der Waals surface area contributed by atoms with Gasteiger partial charge in [0.2, 0.25) is 0 Å². The van der Waals surface area contributed by atoms with Crippen molar-refractivity contribution in [2.75, 3.05) is 11.9 Å². The first-order valence-corrected chi connectivity index (χ1v) is 6.05. The van der Waals surface area contributed by atoms with Crippen molar-refractivity contribution in [3.8, 4) is 0 Å². The Morgan fingerprint density at radius 1 is 1.20 bits per heavy atom. The number of anilines is 1. The number of para-hydroxylation sites is 1. The van der Waals surface area contributed by atoms with Gasteiger partial charge in [-0.25, -0.2) is 0 Å². The molecule has 1 heteroatoms. The molecule has 0 amide bonds. The summed E-state index contributed by atoms with van der Waals surface area (Å²) in [5, 5.41) is 3.50. The molecule has 2 rings (SSSR count). The van der Waals surface area contributed by atoms with Crippen LogP contribution in [0.15, 0.2) is 18.2 Å². The van der Waals surface area contributed by atoms with Gasteiger partial charge in [-0.1, -0.05) is 44.4 Å². The topological polar surface area (TPSA) is 12.0 Å². The van der Waals surface area contributed by atoms with Gasteiger partial charge in [-0.3, -0.25) is 0 Å². The van der Waals surface area contributed by atoms with Crippen molar-refractivity contribution < 1.29 is 0 Å². The van der Waals surface area contributed by atoms with Gasteiger partial charge < -0.3 is 5.32 Å². The summed E-state index contributed by atoms with van der Waals surface area (Å²) in [5.74, 6) is 0. The van der Waals surface area contributed by atoms with Crippen molar-refractivity contribution in [3.63, 3.8) is 0 Å². The van der Waals surface area contributed by atoms with Gasteiger partial charge in [0.25, 0.3) is 0 Å². The van der Waals surface area contributed by atoms with E-state index in [9.17, 15) is 0 Å². The summed E-state index contributed by atoms with van der Waals surface area (Å²) in [6.07, 6.45) is 7.37. The maximum Gasteiger partial charge on any atom is 0.0406 e. The van der Waals surface area contributed by atoms with E-state index in [0.717, 1.165) is 13.0 Å². The van der Waals surface area contributed by atoms with Gasteiger partial charge in [0.15, 0.2) is 0 Å². The van der Waals surface area contributed by atoms with E-state index in [-0.39, 0.29) is 0 Å². The molecule has 0 unspecified atom stereocenters. The normalized spacial score (nSPS) is 13.7. The predicted octanol–water partition coefficient (Wildman–Crippen LogP) is 3.59. The molecule has 0 spiro atoms. The summed E-state index contributed by atoms with van der Waals surface area (Å²) < 4.78 is 0. The number of benzene rings is 1. The van der Waals surface area contributed by atoms with Crippen LogP contribution in [0.4, 0.5) is 5.69 Å². The van der Waals surface area contributed by atoms with Crippen LogP contribution in [0.1, 0.15) is 36.8 Å². The quantitative estimate of drug-likeness (QED) is 0.719. The van der Waals surface area contributed by atoms with Crippen molar-refractivity contribution in [3.05, 3.63) is 36.2 Å². The first-order chi connectivity index (χ1) is 7.42. The van der Waals surface area contributed by atoms with Crippen molar-refractivity contribution in [2.24, 2.45) is 0 Å². The summed E-state index contributed by atoms with van der Waals surface area (Å²) in [4.78, 5) is 0. The highest BCUT2D eigenvalue weighted by molar-refractivity contribution is 5.61. The van der Waals surface area contributed by atoms with Gasteiger partial charge >= 0.3 is 0 Å². The number of rotatable bonds is 5. The molecule has 1 heterocycles. The molecule has 1 nitrogen and oxygen atoms in total. The van der Waals surface area contributed by atoms with Crippen LogP contribution < -0.4 is 5.32 Å². The van der Waals surface area contributed by atoms with Crippen LogP contribution in [0.25, 0.3) is 0 Å². The van der Waals surface area contributed by atoms with E-state index in [2.05, 4.69) is 30.4 Å². The molecule has 15 heavy (non-hydrogen) atoms. The van der Waals surface area contributed by atoms with Crippen molar-refractivity contribution in [1.29, 1.82) is 0 Å². The minimum Gasteiger partial charge on any atom is -0.384 e. The standard InChI is InChI=1S/C14H20N/c1-2-3-4-5-7-12-8-6-9-13-10-11-15-14(12)13/h6,8-9,15H,1-5,7,10-11H2. The van der Waals surface area contributed by atoms with Gasteiger partial charge in [-0.15, -0.1) is 0 Å². The lowest BCUT2D eigenvalue weighted by Gasteiger charge is -2.08. The average Bonchev–Trinajstić information content (AvgIpc) is 2.73. The van der Waals surface area contributed by atoms with Crippen LogP contribution >= 0.6 is 0 Å². The van der Waals surface area contributed by atoms with Crippen LogP contribution in [-0.4, -0.2) is 6.54 Å². The first kappa shape index (κ1) is 10.5. The van der Waals surface area contributed by atoms with Crippen LogP contribution in [0, 0.1) is 6.92 Å². The third-order valence-corrected chi connectivity index (χ3v) is 3.13. The Morgan fingerprint density at radius 3 is 3.00 bits per heavy atom. The second-order valence-corrected chi connectivity index (χ2v) is 4.29. The number of hydrogen-bond donors (Lipinski definition) is 1. The Kier molecular flexibility index (Phi) is 3.65. The van der Waals surface area contributed by atoms with Crippen LogP contribution in [0.3, 0.4) is 0 Å². The molecule has 0 aromatic heterocycles. The highest BCUT2D eigenvalue weighted by atomic mass is 14.9. The Morgan fingerprint density at radius 2 is 2.13 bits per heavy atom. The van der Waals surface area contributed by atoms with E-state index < -0.39 is 0 Å². The number of fused-ring (bicyclic) bond motifs is 1. The van der Waals surface area contributed by atoms with Gasteiger partial charge in [0, 0.05) is 12.2 Å². The highest BCUT2D eigenvalue weighted by Crippen LogP contribution is 2.27. The molecule has 1 N–H and O–H groups in total. The molecule has 0 bridgehead atoms. The molecular formula is C14H20N. The lowest BCUT2D eigenvalue weighted by atomic mass is 10.0. The van der Waals surface area contributed by atoms with E-state index in [4.69, 9.17) is 0 Å². The molecular weight excluding hydrogens is 182 g/mol. The zero-order valence-electron chi connectivity index (χ0n) is 9.39. The fraction of sp³-hybridized carbons (Fsp3) is 0.500. The van der Waals surface area contributed by atoms with Crippen molar-refractivity contribution in [2.45, 2.75) is 38.5 Å². The Balaban J connectivity index is 1.94. The summed E-state index contributed by atoms with van der Waals surface area (Å²) >= 11 is 0. The maximum atomic E-state index is 3.88. The second kappa shape index (κ2) is 5.20. The second-order valence-electron chi connectivity index (χ2n) is 4.29. The van der Waals surface area contributed by atoms with E-state index >= 15 is 0 Å². The summed E-state index contributed by atoms with van der Waals surface area (Å²) in [6, 6.07) is 6.71. The summed E-state index contributed by atoms with van der Waals surface area (Å²) in [5.41, 5.74) is 4.44. The van der Waals surface area contributed by atoms with Crippen LogP contribution in [0.5, 0.6) is 0 Å². The van der Waals surface area contributed by atoms with E-state index in [1.807, 2.05) is 0 Å². The lowest BCUT2D eigenvalue weighted by molar-refractivity contribution is 0.686. The maximum absolute atomic E-state index is 3.88. The van der Waals surface area contributed by atoms with E-state index in [0.29, 0.717) is 0 Å². The largest absolute Gasteiger partial charge is 0.384 e. The predicted molar refractivity (Wildman–Crippen MR) is 66.2 cm³/mol. The van der Waals surface area contributed by atoms with Gasteiger partial charge in [-0.05, 0) is 30.4 Å². The van der Waals surface area contributed by atoms with Gasteiger partial charge in [0.1, 0.15) is 0 Å². The minimum atomic E-state index is 1.07. The first-order valence-electron chi connectivity index (χ1n) is 6.05. The molecule has 1 aromatic carbocycles. The van der Waals surface area contributed by atoms with E-state index in [1.165, 1.54) is 48.9 Å². The van der Waals surface area contributed by atoms with Gasteiger partial charge in [0.05, 0.1) is 0 Å². The zero-order valence-corrected chi connectivity index (χ0v) is 9.39. The third-order valence-electron chi connectivity index (χ3n) is 3.13. The molecule has 0 atom stereocenters. The van der Waals surface area contributed by atoms with E-state index in [1.54, 1.807) is 0 Å². The van der Waals surface area contributed by atoms with Gasteiger partial charge in [-0.2, -0.15) is 0 Å². The monoisotopic (exact) mass is 202 g/mol. The Hall–Kier alpha value is -0.980. The number of nitrogens with one attached hydrogen (secondary N) is 1. The van der Waals surface area contributed by atoms with Crippen molar-refractivity contribution >= 4 is 5.69 Å². The highest BCUT2D eigenvalue weighted by Gasteiger charge is 2.12. The molecule has 1 aliphatic rings. The molecule has 0 fully saturated rings. The summed E-state index contributed by atoms with van der Waals surface area (Å²) in [7, 11) is 0. The minimum absolute atomic E-state index is 1.07. The molecule has 0 aliphatic carbocycles. The SMILES string of the molecule is [CH2]CCCCCc1cccc2c1NCC2. The molecule has 1 radical (unpaired) electrons. The summed E-state index contributed by atoms with van der Waals surface area (Å²) in [6.45, 7) is 4.99. The zero-order chi connectivity index (χ0) is 10.5. The third kappa shape index (κ3) is 2.53. The Labute approximate surface area is 92.9 Å². The van der Waals surface area contributed by atoms with Crippen LogP contribution in [0.2, 0.25) is 0 Å². The number of unbranched alkanes of at least 4 members (excludes halogenated alkanes) is 3. The number of hydrogen-bond acceptors (Lipinski definition) is 1. The number of aryl methyl sites for hydroxylation is 1. The molecule has 0 saturated carbocycles. The molecule has 1 aromatic rings. The van der Waals surface area contributed by atoms with Crippen LogP contribution in [-0.2, 0) is 12.8 Å². The van der Waals surface area contributed by atoms with Crippen molar-refractivity contribution in [1.82, 2.24) is 0 Å². The fourth-order valence-corrected chi connectivity index (χ4v) is 2.29. The molecule has 81 valence electrons. The average molecular weight is 202 g/mol. The molecule has 0 saturated heterocycles. The smallest absolute Gasteiger partial charge is 0.0406 e. The fourth-order valence-electron chi connectivity index (χ4n) is 2.29.